The van der Waals surface area contributed by atoms with E-state index in [1.807, 2.05) is 0 Å². The monoisotopic (exact) mass is 306 g/mol. The van der Waals surface area contributed by atoms with Crippen molar-refractivity contribution in [1.29, 1.82) is 0 Å². The van der Waals surface area contributed by atoms with E-state index in [0.717, 1.165) is 0 Å². The van der Waals surface area contributed by atoms with E-state index in [0.29, 0.717) is 10.5 Å². The Bertz CT molecular complexity index is 300. The molecule has 0 radical (unpaired) electrons. The van der Waals surface area contributed by atoms with E-state index in [2.05, 4.69) is 12.6 Å². The molecule has 0 fully saturated rings. The van der Waals surface area contributed by atoms with E-state index in [9.17, 15) is 5.11 Å². The van der Waals surface area contributed by atoms with Gasteiger partial charge in [-0.15, -0.1) is 12.6 Å². The standard InChI is InChI=1S/C7H5Cl3OS.Zn/c8-7(9,10)4-1-2-6(12)5(11)3-4;/h1-3,11-12H;. The summed E-state index contributed by atoms with van der Waals surface area (Å²) in [6.07, 6.45) is 0. The molecule has 0 atom stereocenters. The van der Waals surface area contributed by atoms with Crippen LogP contribution in [-0.4, -0.2) is 5.11 Å². The molecule has 0 heterocycles. The van der Waals surface area contributed by atoms with Crippen LogP contribution in [0.2, 0.25) is 0 Å². The van der Waals surface area contributed by atoms with Gasteiger partial charge in [0.2, 0.25) is 3.79 Å². The molecule has 0 spiro atoms. The van der Waals surface area contributed by atoms with E-state index >= 15 is 0 Å². The molecule has 13 heavy (non-hydrogen) atoms. The van der Waals surface area contributed by atoms with E-state index in [1.165, 1.54) is 6.07 Å². The van der Waals surface area contributed by atoms with Crippen LogP contribution in [0.15, 0.2) is 23.1 Å². The van der Waals surface area contributed by atoms with Crippen molar-refractivity contribution in [3.05, 3.63) is 23.8 Å². The zero-order valence-electron chi connectivity index (χ0n) is 6.47. The van der Waals surface area contributed by atoms with Crippen LogP contribution in [0.3, 0.4) is 0 Å². The maximum Gasteiger partial charge on any atom is 0.216 e. The first-order valence-electron chi connectivity index (χ1n) is 3.00. The van der Waals surface area contributed by atoms with Crippen LogP contribution in [0.4, 0.5) is 0 Å². The third-order valence-corrected chi connectivity index (χ3v) is 2.34. The Morgan fingerprint density at radius 2 is 1.77 bits per heavy atom. The number of phenols is 1. The number of alkyl halides is 3. The third-order valence-electron chi connectivity index (χ3n) is 1.30. The minimum absolute atomic E-state index is 0. The van der Waals surface area contributed by atoms with Crippen LogP contribution in [0, 0.1) is 0 Å². The first kappa shape index (κ1) is 13.9. The predicted molar refractivity (Wildman–Crippen MR) is 54.6 cm³/mol. The van der Waals surface area contributed by atoms with Crippen molar-refractivity contribution in [3.63, 3.8) is 0 Å². The van der Waals surface area contributed by atoms with Crippen LogP contribution < -0.4 is 0 Å². The molecule has 0 aliphatic rings. The van der Waals surface area contributed by atoms with E-state index in [4.69, 9.17) is 34.8 Å². The Morgan fingerprint density at radius 3 is 2.15 bits per heavy atom. The number of benzene rings is 1. The van der Waals surface area contributed by atoms with Crippen LogP contribution in [0.25, 0.3) is 0 Å². The summed E-state index contributed by atoms with van der Waals surface area (Å²) in [6.45, 7) is 0. The van der Waals surface area contributed by atoms with Gasteiger partial charge in [-0.2, -0.15) is 0 Å². The van der Waals surface area contributed by atoms with Gasteiger partial charge in [0, 0.05) is 29.9 Å². The zero-order valence-corrected chi connectivity index (χ0v) is 12.6. The number of phenolic OH excluding ortho intramolecular Hbond substituents is 1. The van der Waals surface area contributed by atoms with Crippen LogP contribution in [-0.2, 0) is 23.3 Å². The molecule has 1 aromatic rings. The van der Waals surface area contributed by atoms with Crippen molar-refractivity contribution in [3.8, 4) is 5.75 Å². The summed E-state index contributed by atoms with van der Waals surface area (Å²) in [7, 11) is 0. The van der Waals surface area contributed by atoms with Crippen molar-refractivity contribution in [2.45, 2.75) is 8.69 Å². The summed E-state index contributed by atoms with van der Waals surface area (Å²) in [5.41, 5.74) is 0.419. The maximum atomic E-state index is 9.21. The van der Waals surface area contributed by atoms with E-state index in [-0.39, 0.29) is 25.2 Å². The summed E-state index contributed by atoms with van der Waals surface area (Å²) in [5.74, 6) is 0.00200. The summed E-state index contributed by atoms with van der Waals surface area (Å²) in [4.78, 5) is 0.452. The largest absolute Gasteiger partial charge is 0.507 e. The van der Waals surface area contributed by atoms with E-state index in [1.54, 1.807) is 12.1 Å². The third kappa shape index (κ3) is 3.85. The molecular formula is C7H5Cl3OSZn. The number of aromatic hydroxyl groups is 1. The second kappa shape index (κ2) is 5.09. The Morgan fingerprint density at radius 1 is 1.23 bits per heavy atom. The van der Waals surface area contributed by atoms with E-state index < -0.39 is 3.79 Å². The molecule has 0 unspecified atom stereocenters. The minimum Gasteiger partial charge on any atom is -0.507 e. The molecular weight excluding hydrogens is 304 g/mol. The van der Waals surface area contributed by atoms with Gasteiger partial charge >= 0.3 is 0 Å². The molecule has 1 nitrogen and oxygen atoms in total. The summed E-state index contributed by atoms with van der Waals surface area (Å²) in [5, 5.41) is 9.21. The molecule has 0 aromatic heterocycles. The van der Waals surface area contributed by atoms with Crippen LogP contribution in [0.1, 0.15) is 5.56 Å². The second-order valence-electron chi connectivity index (χ2n) is 2.20. The van der Waals surface area contributed by atoms with Crippen molar-refractivity contribution in [2.75, 3.05) is 0 Å². The molecule has 0 saturated heterocycles. The van der Waals surface area contributed by atoms with Gasteiger partial charge in [0.1, 0.15) is 5.75 Å². The number of rotatable bonds is 0. The molecule has 0 aliphatic carbocycles. The first-order valence-corrected chi connectivity index (χ1v) is 4.58. The average Bonchev–Trinajstić information content (AvgIpc) is 1.92. The van der Waals surface area contributed by atoms with Crippen LogP contribution >= 0.6 is 47.4 Å². The Labute approximate surface area is 110 Å². The number of hydrogen-bond donors (Lipinski definition) is 2. The smallest absolute Gasteiger partial charge is 0.216 e. The van der Waals surface area contributed by atoms with Gasteiger partial charge in [-0.25, -0.2) is 0 Å². The molecule has 68 valence electrons. The molecule has 1 aromatic carbocycles. The average molecular weight is 309 g/mol. The molecule has 0 saturated carbocycles. The summed E-state index contributed by atoms with van der Waals surface area (Å²) >= 11 is 20.7. The quantitative estimate of drug-likeness (QED) is 0.427. The van der Waals surface area contributed by atoms with Gasteiger partial charge in [0.05, 0.1) is 0 Å². The van der Waals surface area contributed by atoms with Crippen molar-refractivity contribution < 1.29 is 24.6 Å². The molecule has 1 rings (SSSR count). The number of thiol groups is 1. The summed E-state index contributed by atoms with van der Waals surface area (Å²) < 4.78 is -1.50. The number of hydrogen-bond acceptors (Lipinski definition) is 2. The molecule has 0 bridgehead atoms. The predicted octanol–water partition coefficient (Wildman–Crippen LogP) is 3.51. The fraction of sp³-hybridized carbons (Fsp3) is 0.143. The fourth-order valence-corrected chi connectivity index (χ4v) is 1.19. The number of halogens is 3. The Hall–Kier alpha value is 0.863. The Kier molecular flexibility index (Phi) is 5.43. The fourth-order valence-electron chi connectivity index (χ4n) is 0.700. The van der Waals surface area contributed by atoms with Crippen molar-refractivity contribution in [1.82, 2.24) is 0 Å². The topological polar surface area (TPSA) is 20.2 Å². The summed E-state index contributed by atoms with van der Waals surface area (Å²) in [6, 6.07) is 4.53. The first-order chi connectivity index (χ1) is 5.41. The van der Waals surface area contributed by atoms with Crippen LogP contribution in [0.5, 0.6) is 5.75 Å². The normalized spacial score (nSPS) is 10.8. The Balaban J connectivity index is 0.00000144. The van der Waals surface area contributed by atoms with Crippen molar-refractivity contribution >= 4 is 47.4 Å². The molecule has 0 amide bonds. The van der Waals surface area contributed by atoms with Gasteiger partial charge in [-0.05, 0) is 12.1 Å². The minimum atomic E-state index is -1.50. The zero-order chi connectivity index (χ0) is 9.35. The van der Waals surface area contributed by atoms with Gasteiger partial charge in [0.15, 0.2) is 0 Å². The SMILES string of the molecule is Oc1cc(C(Cl)(Cl)Cl)ccc1S.[Zn]. The molecule has 0 aliphatic heterocycles. The second-order valence-corrected chi connectivity index (χ2v) is 4.96. The maximum absolute atomic E-state index is 9.21. The van der Waals surface area contributed by atoms with Gasteiger partial charge in [-0.1, -0.05) is 40.9 Å². The van der Waals surface area contributed by atoms with Crippen molar-refractivity contribution in [2.24, 2.45) is 0 Å². The van der Waals surface area contributed by atoms with Gasteiger partial charge in [0.25, 0.3) is 0 Å². The van der Waals surface area contributed by atoms with Gasteiger partial charge in [-0.3, -0.25) is 0 Å². The van der Waals surface area contributed by atoms with Gasteiger partial charge < -0.3 is 5.11 Å². The molecule has 1 N–H and O–H groups in total. The molecule has 6 heteroatoms.